The summed E-state index contributed by atoms with van der Waals surface area (Å²) < 4.78 is 24.3. The van der Waals surface area contributed by atoms with Gasteiger partial charge in [0.2, 0.25) is 0 Å². The molecule has 1 heterocycles. The summed E-state index contributed by atoms with van der Waals surface area (Å²) in [7, 11) is -3.37. The number of nitrogens with one attached hydrogen (secondary N) is 1. The third kappa shape index (κ3) is 1.38. The molecule has 0 bridgehead atoms. The van der Waals surface area contributed by atoms with Crippen LogP contribution in [-0.2, 0) is 9.84 Å². The summed E-state index contributed by atoms with van der Waals surface area (Å²) in [5.74, 6) is 0.0000926. The van der Waals surface area contributed by atoms with Gasteiger partial charge in [-0.1, -0.05) is 6.07 Å². The van der Waals surface area contributed by atoms with Gasteiger partial charge in [-0.15, -0.1) is 0 Å². The van der Waals surface area contributed by atoms with Crippen molar-refractivity contribution >= 4 is 15.5 Å². The first-order chi connectivity index (χ1) is 7.53. The molecule has 0 saturated heterocycles. The molecule has 3 rings (SSSR count). The molecule has 1 aliphatic carbocycles. The molecule has 1 aromatic rings. The Labute approximate surface area is 94.2 Å². The first-order valence-corrected chi connectivity index (χ1v) is 6.96. The Kier molecular flexibility index (Phi) is 1.81. The highest BCUT2D eigenvalue weighted by molar-refractivity contribution is 7.91. The van der Waals surface area contributed by atoms with E-state index in [4.69, 9.17) is 0 Å². The number of benzene rings is 1. The van der Waals surface area contributed by atoms with Crippen LogP contribution in [-0.4, -0.2) is 25.8 Å². The van der Waals surface area contributed by atoms with Crippen molar-refractivity contribution in [3.8, 4) is 5.75 Å². The summed E-state index contributed by atoms with van der Waals surface area (Å²) in [6, 6.07) is 4.78. The van der Waals surface area contributed by atoms with Crippen molar-refractivity contribution in [3.63, 3.8) is 0 Å². The van der Waals surface area contributed by atoms with Gasteiger partial charge in [-0.25, -0.2) is 8.42 Å². The van der Waals surface area contributed by atoms with Crippen LogP contribution in [0.5, 0.6) is 5.75 Å². The number of fused-ring (bicyclic) bond motifs is 1. The Hall–Kier alpha value is -1.23. The van der Waals surface area contributed by atoms with E-state index < -0.39 is 9.84 Å². The van der Waals surface area contributed by atoms with Crippen molar-refractivity contribution in [1.29, 1.82) is 0 Å². The molecule has 16 heavy (non-hydrogen) atoms. The van der Waals surface area contributed by atoms with Crippen LogP contribution < -0.4 is 5.32 Å². The van der Waals surface area contributed by atoms with Gasteiger partial charge in [-0.3, -0.25) is 0 Å². The quantitative estimate of drug-likeness (QED) is 0.717. The van der Waals surface area contributed by atoms with Gasteiger partial charge in [0.15, 0.2) is 9.84 Å². The highest BCUT2D eigenvalue weighted by Crippen LogP contribution is 2.50. The second kappa shape index (κ2) is 2.91. The van der Waals surface area contributed by atoms with E-state index in [0.717, 1.165) is 12.8 Å². The molecule has 2 N–H and O–H groups in total. The predicted octanol–water partition coefficient (Wildman–Crippen LogP) is 1.37. The molecule has 0 amide bonds. The van der Waals surface area contributed by atoms with Crippen molar-refractivity contribution in [2.45, 2.75) is 17.7 Å². The third-order valence-corrected chi connectivity index (χ3v) is 5.46. The van der Waals surface area contributed by atoms with Gasteiger partial charge in [-0.05, 0) is 25.0 Å². The molecular formula is C11H13NO3S. The Morgan fingerprint density at radius 3 is 2.75 bits per heavy atom. The molecule has 0 unspecified atom stereocenters. The number of hydrogen-bond donors (Lipinski definition) is 2. The van der Waals surface area contributed by atoms with E-state index in [1.54, 1.807) is 12.1 Å². The minimum Gasteiger partial charge on any atom is -0.507 e. The summed E-state index contributed by atoms with van der Waals surface area (Å²) in [6.07, 6.45) is 1.90. The molecule has 0 atom stereocenters. The smallest absolute Gasteiger partial charge is 0.184 e. The summed E-state index contributed by atoms with van der Waals surface area (Å²) in [5.41, 5.74) is 0.438. The molecule has 1 spiro atoms. The van der Waals surface area contributed by atoms with E-state index >= 15 is 0 Å². The van der Waals surface area contributed by atoms with Crippen molar-refractivity contribution in [2.24, 2.45) is 5.41 Å². The van der Waals surface area contributed by atoms with Crippen LogP contribution in [0.15, 0.2) is 23.1 Å². The van der Waals surface area contributed by atoms with Crippen LogP contribution in [0.1, 0.15) is 12.8 Å². The second-order valence-corrected chi connectivity index (χ2v) is 6.69. The van der Waals surface area contributed by atoms with E-state index in [1.165, 1.54) is 6.07 Å². The monoisotopic (exact) mass is 239 g/mol. The van der Waals surface area contributed by atoms with Crippen molar-refractivity contribution in [1.82, 2.24) is 0 Å². The van der Waals surface area contributed by atoms with Crippen LogP contribution in [0.3, 0.4) is 0 Å². The standard InChI is InChI=1S/C11H13NO3S/c13-9-3-1-2-8-10(9)16(14,15)7-11(4-5-11)6-12-8/h1-3,12-13H,4-7H2. The number of hydrogen-bond acceptors (Lipinski definition) is 4. The molecule has 1 aromatic carbocycles. The van der Waals surface area contributed by atoms with Gasteiger partial charge in [0.05, 0.1) is 11.4 Å². The van der Waals surface area contributed by atoms with Gasteiger partial charge in [0, 0.05) is 12.0 Å². The Morgan fingerprint density at radius 2 is 2.06 bits per heavy atom. The molecule has 5 heteroatoms. The van der Waals surface area contributed by atoms with Crippen molar-refractivity contribution in [3.05, 3.63) is 18.2 Å². The van der Waals surface area contributed by atoms with Crippen LogP contribution in [0.25, 0.3) is 0 Å². The van der Waals surface area contributed by atoms with Gasteiger partial charge in [0.25, 0.3) is 0 Å². The normalized spacial score (nSPS) is 24.2. The molecule has 1 aliphatic heterocycles. The van der Waals surface area contributed by atoms with Crippen LogP contribution in [0.2, 0.25) is 0 Å². The first-order valence-electron chi connectivity index (χ1n) is 5.31. The molecule has 86 valence electrons. The molecular weight excluding hydrogens is 226 g/mol. The maximum atomic E-state index is 12.2. The molecule has 0 aromatic heterocycles. The summed E-state index contributed by atoms with van der Waals surface area (Å²) in [6.45, 7) is 0.683. The van der Waals surface area contributed by atoms with Crippen LogP contribution in [0, 0.1) is 5.41 Å². The third-order valence-electron chi connectivity index (χ3n) is 3.41. The lowest BCUT2D eigenvalue weighted by atomic mass is 10.1. The van der Waals surface area contributed by atoms with Crippen LogP contribution >= 0.6 is 0 Å². The first kappa shape index (κ1) is 9.96. The van der Waals surface area contributed by atoms with E-state index in [2.05, 4.69) is 5.32 Å². The molecule has 1 fully saturated rings. The summed E-state index contributed by atoms with van der Waals surface area (Å²) >= 11 is 0. The van der Waals surface area contributed by atoms with Crippen LogP contribution in [0.4, 0.5) is 5.69 Å². The van der Waals surface area contributed by atoms with Gasteiger partial charge in [0.1, 0.15) is 10.6 Å². The van der Waals surface area contributed by atoms with Crippen molar-refractivity contribution in [2.75, 3.05) is 17.6 Å². The molecule has 0 radical (unpaired) electrons. The zero-order chi connectivity index (χ0) is 11.4. The minimum absolute atomic E-state index is 0.0683. The second-order valence-electron chi connectivity index (χ2n) is 4.77. The zero-order valence-electron chi connectivity index (χ0n) is 8.73. The fourth-order valence-corrected chi connectivity index (χ4v) is 4.50. The lowest BCUT2D eigenvalue weighted by molar-refractivity contribution is 0.459. The van der Waals surface area contributed by atoms with E-state index in [9.17, 15) is 13.5 Å². The summed E-state index contributed by atoms with van der Waals surface area (Å²) in [5, 5.41) is 12.8. The maximum Gasteiger partial charge on any atom is 0.184 e. The predicted molar refractivity (Wildman–Crippen MR) is 60.3 cm³/mol. The zero-order valence-corrected chi connectivity index (χ0v) is 9.55. The fourth-order valence-electron chi connectivity index (χ4n) is 2.30. The number of aromatic hydroxyl groups is 1. The molecule has 1 saturated carbocycles. The maximum absolute atomic E-state index is 12.2. The van der Waals surface area contributed by atoms with Crippen molar-refractivity contribution < 1.29 is 13.5 Å². The number of phenolic OH excluding ortho intramolecular Hbond substituents is 1. The Balaban J connectivity index is 2.20. The minimum atomic E-state index is -3.37. The molecule has 4 nitrogen and oxygen atoms in total. The SMILES string of the molecule is O=S1(=O)CC2(CC2)CNc2cccc(O)c21. The Bertz CT molecular complexity index is 546. The van der Waals surface area contributed by atoms with Gasteiger partial charge in [-0.2, -0.15) is 0 Å². The van der Waals surface area contributed by atoms with Gasteiger partial charge < -0.3 is 10.4 Å². The lowest BCUT2D eigenvalue weighted by Crippen LogP contribution is -2.20. The molecule has 2 aliphatic rings. The topological polar surface area (TPSA) is 66.4 Å². The average Bonchev–Trinajstić information content (AvgIpc) is 2.95. The lowest BCUT2D eigenvalue weighted by Gasteiger charge is -2.09. The highest BCUT2D eigenvalue weighted by atomic mass is 32.2. The number of sulfone groups is 1. The average molecular weight is 239 g/mol. The summed E-state index contributed by atoms with van der Waals surface area (Å²) in [4.78, 5) is 0.0683. The highest BCUT2D eigenvalue weighted by Gasteiger charge is 2.48. The fraction of sp³-hybridized carbons (Fsp3) is 0.455. The number of anilines is 1. The van der Waals surface area contributed by atoms with E-state index in [0.29, 0.717) is 12.2 Å². The largest absolute Gasteiger partial charge is 0.507 e. The number of phenols is 1. The van der Waals surface area contributed by atoms with Gasteiger partial charge >= 0.3 is 0 Å². The Morgan fingerprint density at radius 1 is 1.31 bits per heavy atom. The number of rotatable bonds is 0. The van der Waals surface area contributed by atoms with E-state index in [-0.39, 0.29) is 21.8 Å². The van der Waals surface area contributed by atoms with E-state index in [1.807, 2.05) is 0 Å².